The number of likely N-dealkylation sites (tertiary alicyclic amines) is 1. The van der Waals surface area contributed by atoms with Gasteiger partial charge in [-0.15, -0.1) is 0 Å². The normalized spacial score (nSPS) is 14.8. The summed E-state index contributed by atoms with van der Waals surface area (Å²) in [5.41, 5.74) is 1.69. The van der Waals surface area contributed by atoms with Gasteiger partial charge in [-0.1, -0.05) is 23.7 Å². The van der Waals surface area contributed by atoms with Crippen molar-refractivity contribution >= 4 is 39.1 Å². The van der Waals surface area contributed by atoms with E-state index >= 15 is 0 Å². The third-order valence-electron chi connectivity index (χ3n) is 5.36. The molecule has 7 nitrogen and oxygen atoms in total. The van der Waals surface area contributed by atoms with Crippen molar-refractivity contribution in [2.24, 2.45) is 5.92 Å². The zero-order valence-corrected chi connectivity index (χ0v) is 19.4. The summed E-state index contributed by atoms with van der Waals surface area (Å²) in [5, 5.41) is 3.03. The molecule has 0 saturated carbocycles. The van der Waals surface area contributed by atoms with E-state index < -0.39 is 10.0 Å². The van der Waals surface area contributed by atoms with Gasteiger partial charge in [-0.25, -0.2) is 12.8 Å². The smallest absolute Gasteiger partial charge is 0.253 e. The van der Waals surface area contributed by atoms with E-state index in [2.05, 4.69) is 10.0 Å². The molecule has 2 aromatic carbocycles. The van der Waals surface area contributed by atoms with Crippen LogP contribution in [0, 0.1) is 18.7 Å². The lowest BCUT2D eigenvalue weighted by Gasteiger charge is -2.31. The molecule has 172 valence electrons. The number of halogens is 2. The van der Waals surface area contributed by atoms with Crippen LogP contribution in [0.15, 0.2) is 36.4 Å². The maximum atomic E-state index is 13.7. The first-order chi connectivity index (χ1) is 15.0. The molecular weight excluding hydrogens is 457 g/mol. The van der Waals surface area contributed by atoms with Gasteiger partial charge in [0.05, 0.1) is 17.0 Å². The molecule has 0 atom stereocenters. The summed E-state index contributed by atoms with van der Waals surface area (Å²) in [6.07, 6.45) is 2.01. The molecule has 2 amide bonds. The Bertz CT molecular complexity index is 1130. The highest BCUT2D eigenvalue weighted by molar-refractivity contribution is 7.92. The third-order valence-corrected chi connectivity index (χ3v) is 6.28. The molecule has 0 aromatic heterocycles. The van der Waals surface area contributed by atoms with E-state index in [1.165, 1.54) is 24.3 Å². The van der Waals surface area contributed by atoms with Crippen LogP contribution in [-0.4, -0.2) is 44.5 Å². The fraction of sp³-hybridized carbons (Fsp3) is 0.364. The van der Waals surface area contributed by atoms with Crippen molar-refractivity contribution in [3.8, 4) is 0 Å². The first-order valence-corrected chi connectivity index (χ1v) is 12.4. The predicted octanol–water partition coefficient (Wildman–Crippen LogP) is 3.33. The summed E-state index contributed by atoms with van der Waals surface area (Å²) >= 11 is 6.02. The van der Waals surface area contributed by atoms with Crippen molar-refractivity contribution in [2.75, 3.05) is 24.1 Å². The minimum Gasteiger partial charge on any atom is -0.352 e. The fourth-order valence-corrected chi connectivity index (χ4v) is 4.33. The Morgan fingerprint density at radius 1 is 1.16 bits per heavy atom. The Morgan fingerprint density at radius 3 is 2.47 bits per heavy atom. The van der Waals surface area contributed by atoms with E-state index in [1.807, 2.05) is 0 Å². The van der Waals surface area contributed by atoms with Crippen LogP contribution >= 0.6 is 11.6 Å². The highest BCUT2D eigenvalue weighted by Gasteiger charge is 2.28. The van der Waals surface area contributed by atoms with Gasteiger partial charge in [0.2, 0.25) is 15.9 Å². The van der Waals surface area contributed by atoms with Crippen LogP contribution in [0.4, 0.5) is 10.1 Å². The Kier molecular flexibility index (Phi) is 7.40. The number of nitrogens with zero attached hydrogens (tertiary/aromatic N) is 1. The lowest BCUT2D eigenvalue weighted by molar-refractivity contribution is -0.126. The number of piperidine rings is 1. The molecule has 10 heteroatoms. The molecule has 0 unspecified atom stereocenters. The van der Waals surface area contributed by atoms with Gasteiger partial charge < -0.3 is 10.2 Å². The molecule has 0 bridgehead atoms. The maximum Gasteiger partial charge on any atom is 0.253 e. The zero-order chi connectivity index (χ0) is 23.5. The van der Waals surface area contributed by atoms with E-state index in [1.54, 1.807) is 24.0 Å². The number of hydrogen-bond donors (Lipinski definition) is 2. The number of nitrogens with one attached hydrogen (secondary N) is 2. The number of anilines is 1. The van der Waals surface area contributed by atoms with Gasteiger partial charge in [0.15, 0.2) is 0 Å². The van der Waals surface area contributed by atoms with Gasteiger partial charge in [-0.05, 0) is 55.2 Å². The second-order valence-electron chi connectivity index (χ2n) is 7.94. The molecular formula is C22H25ClFN3O4S. The number of benzene rings is 2. The van der Waals surface area contributed by atoms with Crippen LogP contribution < -0.4 is 10.0 Å². The summed E-state index contributed by atoms with van der Waals surface area (Å²) in [6, 6.07) is 9.28. The van der Waals surface area contributed by atoms with E-state index in [0.717, 1.165) is 6.26 Å². The Hall–Kier alpha value is -2.65. The van der Waals surface area contributed by atoms with Crippen molar-refractivity contribution in [1.82, 2.24) is 10.2 Å². The Balaban J connectivity index is 1.55. The average Bonchev–Trinajstić information content (AvgIpc) is 2.74. The molecule has 0 radical (unpaired) electrons. The van der Waals surface area contributed by atoms with Crippen molar-refractivity contribution in [3.63, 3.8) is 0 Å². The molecule has 2 N–H and O–H groups in total. The minimum absolute atomic E-state index is 0.121. The van der Waals surface area contributed by atoms with Crippen molar-refractivity contribution in [1.29, 1.82) is 0 Å². The van der Waals surface area contributed by atoms with Crippen LogP contribution in [0.5, 0.6) is 0 Å². The number of carbonyl (C=O) groups is 2. The molecule has 1 aliphatic rings. The standard InChI is InChI=1S/C22H25ClFN3O4S/c1-14-3-4-15(11-19(14)24)13-25-21(28)16-7-9-27(10-8-16)22(29)17-5-6-18(23)20(12-17)26-32(2,30)31/h3-6,11-12,16,26H,7-10,13H2,1-2H3,(H,25,28). The highest BCUT2D eigenvalue weighted by Crippen LogP contribution is 2.26. The van der Waals surface area contributed by atoms with Crippen LogP contribution in [0.3, 0.4) is 0 Å². The van der Waals surface area contributed by atoms with Crippen molar-refractivity contribution < 1.29 is 22.4 Å². The van der Waals surface area contributed by atoms with Gasteiger partial charge in [0.25, 0.3) is 5.91 Å². The predicted molar refractivity (Wildman–Crippen MR) is 122 cm³/mol. The minimum atomic E-state index is -3.54. The lowest BCUT2D eigenvalue weighted by Crippen LogP contribution is -2.43. The zero-order valence-electron chi connectivity index (χ0n) is 17.8. The number of amides is 2. The molecule has 0 aliphatic carbocycles. The molecule has 32 heavy (non-hydrogen) atoms. The van der Waals surface area contributed by atoms with E-state index in [-0.39, 0.29) is 40.8 Å². The SMILES string of the molecule is Cc1ccc(CNC(=O)C2CCN(C(=O)c3ccc(Cl)c(NS(C)(=O)=O)c3)CC2)cc1F. The van der Waals surface area contributed by atoms with Crippen LogP contribution in [0.1, 0.15) is 34.3 Å². The largest absolute Gasteiger partial charge is 0.352 e. The summed E-state index contributed by atoms with van der Waals surface area (Å²) in [7, 11) is -3.54. The van der Waals surface area contributed by atoms with Crippen LogP contribution in [-0.2, 0) is 21.4 Å². The Morgan fingerprint density at radius 2 is 1.84 bits per heavy atom. The van der Waals surface area contributed by atoms with Gasteiger partial charge in [-0.3, -0.25) is 14.3 Å². The quantitative estimate of drug-likeness (QED) is 0.661. The lowest BCUT2D eigenvalue weighted by atomic mass is 9.95. The van der Waals surface area contributed by atoms with Gasteiger partial charge in [0.1, 0.15) is 5.82 Å². The molecule has 0 spiro atoms. The van der Waals surface area contributed by atoms with Gasteiger partial charge in [-0.2, -0.15) is 0 Å². The van der Waals surface area contributed by atoms with Crippen molar-refractivity contribution in [3.05, 3.63) is 63.9 Å². The number of aryl methyl sites for hydroxylation is 1. The first-order valence-electron chi connectivity index (χ1n) is 10.1. The summed E-state index contributed by atoms with van der Waals surface area (Å²) in [5.74, 6) is -0.917. The summed E-state index contributed by atoms with van der Waals surface area (Å²) in [4.78, 5) is 27.0. The van der Waals surface area contributed by atoms with E-state index in [4.69, 9.17) is 11.6 Å². The van der Waals surface area contributed by atoms with E-state index in [0.29, 0.717) is 42.6 Å². The van der Waals surface area contributed by atoms with Gasteiger partial charge >= 0.3 is 0 Å². The molecule has 3 rings (SSSR count). The van der Waals surface area contributed by atoms with E-state index in [9.17, 15) is 22.4 Å². The van der Waals surface area contributed by atoms with Gasteiger partial charge in [0, 0.05) is 31.1 Å². The summed E-state index contributed by atoms with van der Waals surface area (Å²) < 4.78 is 38.9. The topological polar surface area (TPSA) is 95.6 Å². The number of carbonyl (C=O) groups excluding carboxylic acids is 2. The average molecular weight is 482 g/mol. The molecule has 1 saturated heterocycles. The Labute approximate surface area is 192 Å². The monoisotopic (exact) mass is 481 g/mol. The van der Waals surface area contributed by atoms with Crippen molar-refractivity contribution in [2.45, 2.75) is 26.3 Å². The second kappa shape index (κ2) is 9.87. The third kappa shape index (κ3) is 6.20. The molecule has 1 heterocycles. The first kappa shape index (κ1) is 24.0. The molecule has 2 aromatic rings. The number of sulfonamides is 1. The van der Waals surface area contributed by atoms with Crippen LogP contribution in [0.25, 0.3) is 0 Å². The molecule has 1 fully saturated rings. The highest BCUT2D eigenvalue weighted by atomic mass is 35.5. The molecule has 1 aliphatic heterocycles. The summed E-state index contributed by atoms with van der Waals surface area (Å²) in [6.45, 7) is 2.72. The maximum absolute atomic E-state index is 13.7. The second-order valence-corrected chi connectivity index (χ2v) is 10.1. The fourth-order valence-electron chi connectivity index (χ4n) is 3.54. The van der Waals surface area contributed by atoms with Crippen LogP contribution in [0.2, 0.25) is 5.02 Å². The number of rotatable bonds is 6. The number of hydrogen-bond acceptors (Lipinski definition) is 4.